The van der Waals surface area contributed by atoms with Crippen molar-refractivity contribution in [2.24, 2.45) is 7.05 Å². The first kappa shape index (κ1) is 17.9. The first-order chi connectivity index (χ1) is 11.9. The van der Waals surface area contributed by atoms with Crippen LogP contribution in [0, 0.1) is 13.8 Å². The molecule has 1 fully saturated rings. The summed E-state index contributed by atoms with van der Waals surface area (Å²) in [5, 5.41) is 3.26. The van der Waals surface area contributed by atoms with Crippen LogP contribution >= 0.6 is 0 Å². The zero-order chi connectivity index (χ0) is 18.2. The average Bonchev–Trinajstić information content (AvgIpc) is 3.00. The molecule has 8 heteroatoms. The largest absolute Gasteiger partial charge is 0.495 e. The van der Waals surface area contributed by atoms with Crippen molar-refractivity contribution in [2.75, 3.05) is 26.7 Å². The predicted octanol–water partition coefficient (Wildman–Crippen LogP) is 1.38. The molecule has 3 rings (SSSR count). The van der Waals surface area contributed by atoms with Crippen molar-refractivity contribution in [3.8, 4) is 5.75 Å². The van der Waals surface area contributed by atoms with Gasteiger partial charge in [0.1, 0.15) is 16.5 Å². The van der Waals surface area contributed by atoms with Crippen LogP contribution in [0.3, 0.4) is 0 Å². The number of benzene rings is 1. The van der Waals surface area contributed by atoms with Gasteiger partial charge in [0.25, 0.3) is 0 Å². The molecule has 1 aliphatic rings. The van der Waals surface area contributed by atoms with Gasteiger partial charge < -0.3 is 14.6 Å². The summed E-state index contributed by atoms with van der Waals surface area (Å²) in [7, 11) is -0.348. The van der Waals surface area contributed by atoms with Gasteiger partial charge in [-0.3, -0.25) is 0 Å². The predicted molar refractivity (Wildman–Crippen MR) is 95.2 cm³/mol. The van der Waals surface area contributed by atoms with Gasteiger partial charge in [0.15, 0.2) is 0 Å². The highest BCUT2D eigenvalue weighted by Gasteiger charge is 2.38. The Balaban J connectivity index is 2.11. The summed E-state index contributed by atoms with van der Waals surface area (Å²) in [6.45, 7) is 5.26. The van der Waals surface area contributed by atoms with E-state index in [0.717, 1.165) is 17.0 Å². The van der Waals surface area contributed by atoms with Gasteiger partial charge in [-0.2, -0.15) is 4.31 Å². The van der Waals surface area contributed by atoms with Crippen LogP contribution in [0.2, 0.25) is 0 Å². The molecule has 1 unspecified atom stereocenters. The second-order valence-corrected chi connectivity index (χ2v) is 8.20. The Morgan fingerprint density at radius 2 is 2.08 bits per heavy atom. The van der Waals surface area contributed by atoms with Crippen LogP contribution in [-0.4, -0.2) is 49.0 Å². The molecule has 0 saturated carbocycles. The Kier molecular flexibility index (Phi) is 4.86. The minimum absolute atomic E-state index is 0.216. The lowest BCUT2D eigenvalue weighted by atomic mass is 10.1. The van der Waals surface area contributed by atoms with Crippen molar-refractivity contribution < 1.29 is 13.2 Å². The number of rotatable bonds is 4. The van der Waals surface area contributed by atoms with E-state index in [9.17, 15) is 8.42 Å². The number of aryl methyl sites for hydroxylation is 3. The Bertz CT molecular complexity index is 876. The van der Waals surface area contributed by atoms with Crippen LogP contribution in [0.1, 0.15) is 23.0 Å². The second-order valence-electron chi connectivity index (χ2n) is 6.35. The lowest BCUT2D eigenvalue weighted by Gasteiger charge is -2.35. The highest BCUT2D eigenvalue weighted by molar-refractivity contribution is 7.89. The molecule has 2 aromatic rings. The molecule has 1 N–H and O–H groups in total. The summed E-state index contributed by atoms with van der Waals surface area (Å²) in [5.74, 6) is 1.13. The topological polar surface area (TPSA) is 76.5 Å². The van der Waals surface area contributed by atoms with Gasteiger partial charge in [0.2, 0.25) is 10.0 Å². The average molecular weight is 364 g/mol. The molecule has 1 aromatic carbocycles. The monoisotopic (exact) mass is 364 g/mol. The maximum absolute atomic E-state index is 13.5. The molecule has 1 aromatic heterocycles. The maximum atomic E-state index is 13.5. The number of ether oxygens (including phenoxy) is 1. The van der Waals surface area contributed by atoms with E-state index in [0.29, 0.717) is 25.4 Å². The van der Waals surface area contributed by atoms with Crippen molar-refractivity contribution in [2.45, 2.75) is 24.8 Å². The van der Waals surface area contributed by atoms with Crippen molar-refractivity contribution in [1.82, 2.24) is 19.2 Å². The zero-order valence-electron chi connectivity index (χ0n) is 15.0. The lowest BCUT2D eigenvalue weighted by Crippen LogP contribution is -2.49. The van der Waals surface area contributed by atoms with E-state index >= 15 is 0 Å². The molecule has 2 heterocycles. The van der Waals surface area contributed by atoms with E-state index in [1.165, 1.54) is 11.4 Å². The molecule has 136 valence electrons. The number of hydrogen-bond acceptors (Lipinski definition) is 5. The van der Waals surface area contributed by atoms with Gasteiger partial charge in [-0.15, -0.1) is 0 Å². The van der Waals surface area contributed by atoms with E-state index in [-0.39, 0.29) is 10.9 Å². The van der Waals surface area contributed by atoms with Crippen molar-refractivity contribution >= 4 is 10.0 Å². The molecule has 0 aliphatic carbocycles. The molecular weight excluding hydrogens is 340 g/mol. The number of aromatic nitrogens is 2. The van der Waals surface area contributed by atoms with E-state index in [4.69, 9.17) is 4.74 Å². The molecule has 0 amide bonds. The van der Waals surface area contributed by atoms with Crippen molar-refractivity contribution in [1.29, 1.82) is 0 Å². The zero-order valence-corrected chi connectivity index (χ0v) is 15.8. The smallest absolute Gasteiger partial charge is 0.247 e. The Labute approximate surface area is 148 Å². The Morgan fingerprint density at radius 1 is 1.32 bits per heavy atom. The van der Waals surface area contributed by atoms with Crippen molar-refractivity contribution in [3.63, 3.8) is 0 Å². The number of imidazole rings is 1. The molecule has 0 bridgehead atoms. The molecular formula is C17H24N4O3S. The SMILES string of the molecule is COc1c(C)cc(C)cc1S(=O)(=O)N1CCNCC1c1nccn1C. The fourth-order valence-electron chi connectivity index (χ4n) is 3.39. The van der Waals surface area contributed by atoms with Crippen LogP contribution in [0.25, 0.3) is 0 Å². The van der Waals surface area contributed by atoms with Crippen LogP contribution < -0.4 is 10.1 Å². The molecule has 0 spiro atoms. The van der Waals surface area contributed by atoms with Crippen LogP contribution in [0.4, 0.5) is 0 Å². The maximum Gasteiger partial charge on any atom is 0.247 e. The molecule has 1 aliphatic heterocycles. The van der Waals surface area contributed by atoms with E-state index in [1.54, 1.807) is 12.3 Å². The number of piperazine rings is 1. The first-order valence-corrected chi connectivity index (χ1v) is 9.65. The van der Waals surface area contributed by atoms with Crippen LogP contribution in [-0.2, 0) is 17.1 Å². The van der Waals surface area contributed by atoms with E-state index in [1.807, 2.05) is 37.7 Å². The molecule has 1 atom stereocenters. The summed E-state index contributed by atoms with van der Waals surface area (Å²) in [6, 6.07) is 3.24. The molecule has 1 saturated heterocycles. The van der Waals surface area contributed by atoms with Gasteiger partial charge in [0.05, 0.1) is 13.2 Å². The summed E-state index contributed by atoms with van der Waals surface area (Å²) < 4.78 is 35.7. The van der Waals surface area contributed by atoms with Gasteiger partial charge >= 0.3 is 0 Å². The quantitative estimate of drug-likeness (QED) is 0.887. The summed E-state index contributed by atoms with van der Waals surface area (Å²) >= 11 is 0. The highest BCUT2D eigenvalue weighted by Crippen LogP contribution is 2.35. The Hall–Kier alpha value is -1.90. The van der Waals surface area contributed by atoms with Crippen LogP contribution in [0.15, 0.2) is 29.4 Å². The fraction of sp³-hybridized carbons (Fsp3) is 0.471. The van der Waals surface area contributed by atoms with Crippen molar-refractivity contribution in [3.05, 3.63) is 41.5 Å². The first-order valence-electron chi connectivity index (χ1n) is 8.21. The minimum atomic E-state index is -3.73. The standard InChI is InChI=1S/C17H24N4O3S/c1-12-9-13(2)16(24-4)15(10-12)25(22,23)21-8-5-18-11-14(21)17-19-6-7-20(17)3/h6-7,9-10,14,18H,5,8,11H2,1-4H3. The van der Waals surface area contributed by atoms with Gasteiger partial charge in [-0.1, -0.05) is 6.07 Å². The Morgan fingerprint density at radius 3 is 2.72 bits per heavy atom. The number of hydrogen-bond donors (Lipinski definition) is 1. The number of nitrogens with zero attached hydrogens (tertiary/aromatic N) is 3. The number of nitrogens with one attached hydrogen (secondary N) is 1. The summed E-state index contributed by atoms with van der Waals surface area (Å²) in [5.41, 5.74) is 1.70. The van der Waals surface area contributed by atoms with Gasteiger partial charge in [-0.25, -0.2) is 13.4 Å². The fourth-order valence-corrected chi connectivity index (χ4v) is 5.29. The summed E-state index contributed by atoms with van der Waals surface area (Å²) in [4.78, 5) is 4.58. The van der Waals surface area contributed by atoms with Gasteiger partial charge in [-0.05, 0) is 31.0 Å². The van der Waals surface area contributed by atoms with Gasteiger partial charge in [0, 0.05) is 39.1 Å². The normalized spacial score (nSPS) is 19.1. The lowest BCUT2D eigenvalue weighted by molar-refractivity contribution is 0.257. The summed E-state index contributed by atoms with van der Waals surface area (Å²) in [6.07, 6.45) is 3.51. The number of sulfonamides is 1. The van der Waals surface area contributed by atoms with E-state index < -0.39 is 10.0 Å². The third-order valence-corrected chi connectivity index (χ3v) is 6.44. The molecule has 25 heavy (non-hydrogen) atoms. The third-order valence-electron chi connectivity index (χ3n) is 4.53. The highest BCUT2D eigenvalue weighted by atomic mass is 32.2. The minimum Gasteiger partial charge on any atom is -0.495 e. The molecule has 7 nitrogen and oxygen atoms in total. The van der Waals surface area contributed by atoms with Crippen LogP contribution in [0.5, 0.6) is 5.75 Å². The molecule has 0 radical (unpaired) electrons. The number of methoxy groups -OCH3 is 1. The second kappa shape index (κ2) is 6.78. The third kappa shape index (κ3) is 3.17. The van der Waals surface area contributed by atoms with E-state index in [2.05, 4.69) is 10.3 Å².